The Balaban J connectivity index is 2.14. The van der Waals surface area contributed by atoms with E-state index >= 15 is 0 Å². The summed E-state index contributed by atoms with van der Waals surface area (Å²) in [5.74, 6) is -0.270. The lowest BCUT2D eigenvalue weighted by Crippen LogP contribution is -2.63. The maximum atomic E-state index is 13.7. The third-order valence-electron chi connectivity index (χ3n) is 7.73. The van der Waals surface area contributed by atoms with E-state index in [9.17, 15) is 14.4 Å². The van der Waals surface area contributed by atoms with Crippen molar-refractivity contribution in [2.45, 2.75) is 142 Å². The van der Waals surface area contributed by atoms with Crippen LogP contribution in [0, 0.1) is 11.8 Å². The van der Waals surface area contributed by atoms with Crippen molar-refractivity contribution in [2.75, 3.05) is 6.54 Å². The molecule has 0 aromatic rings. The van der Waals surface area contributed by atoms with E-state index < -0.39 is 22.8 Å². The van der Waals surface area contributed by atoms with Gasteiger partial charge in [-0.1, -0.05) is 6.42 Å². The monoisotopic (exact) mass is 537 g/mol. The van der Waals surface area contributed by atoms with Crippen LogP contribution in [-0.4, -0.2) is 59.5 Å². The van der Waals surface area contributed by atoms with E-state index in [1.807, 2.05) is 69.2 Å². The zero-order valence-corrected chi connectivity index (χ0v) is 25.6. The molecule has 0 aromatic carbocycles. The first-order valence-corrected chi connectivity index (χ1v) is 14.1. The lowest BCUT2D eigenvalue weighted by molar-refractivity contribution is -0.135. The number of hydrogen-bond donors (Lipinski definition) is 3. The topological polar surface area (TPSA) is 115 Å². The molecular weight excluding hydrogens is 485 g/mol. The molecular formula is C28H52BN3O6. The highest BCUT2D eigenvalue weighted by atomic mass is 16.7. The predicted octanol–water partition coefficient (Wildman–Crippen LogP) is 4.59. The van der Waals surface area contributed by atoms with Crippen LogP contribution in [0.5, 0.6) is 0 Å². The summed E-state index contributed by atoms with van der Waals surface area (Å²) in [6.07, 6.45) is 3.80. The summed E-state index contributed by atoms with van der Waals surface area (Å²) in [4.78, 5) is 38.2. The fourth-order valence-electron chi connectivity index (χ4n) is 5.45. The maximum Gasteiger partial charge on any atom is 0.457 e. The summed E-state index contributed by atoms with van der Waals surface area (Å²) < 4.78 is 17.7. The van der Waals surface area contributed by atoms with Crippen LogP contribution in [0.25, 0.3) is 0 Å². The minimum atomic E-state index is -1.01. The van der Waals surface area contributed by atoms with E-state index in [2.05, 4.69) is 16.0 Å². The van der Waals surface area contributed by atoms with Crippen LogP contribution in [0.15, 0.2) is 0 Å². The van der Waals surface area contributed by atoms with Crippen molar-refractivity contribution < 1.29 is 28.4 Å². The Hall–Kier alpha value is -1.81. The van der Waals surface area contributed by atoms with Gasteiger partial charge in [-0.05, 0) is 113 Å². The number of ether oxygens (including phenoxy) is 1. The maximum absolute atomic E-state index is 13.7. The van der Waals surface area contributed by atoms with Gasteiger partial charge in [0.2, 0.25) is 11.8 Å². The molecule has 0 aromatic heterocycles. The van der Waals surface area contributed by atoms with Crippen LogP contribution in [0.2, 0.25) is 6.32 Å². The predicted molar refractivity (Wildman–Crippen MR) is 150 cm³/mol. The second kappa shape index (κ2) is 11.7. The fraction of sp³-hybridized carbons (Fsp3) is 0.893. The van der Waals surface area contributed by atoms with Crippen molar-refractivity contribution in [1.82, 2.24) is 16.0 Å². The Morgan fingerprint density at radius 1 is 0.974 bits per heavy atom. The molecule has 218 valence electrons. The van der Waals surface area contributed by atoms with Crippen molar-refractivity contribution in [2.24, 2.45) is 11.8 Å². The van der Waals surface area contributed by atoms with E-state index in [0.29, 0.717) is 25.7 Å². The van der Waals surface area contributed by atoms with Gasteiger partial charge >= 0.3 is 13.2 Å². The highest BCUT2D eigenvalue weighted by Crippen LogP contribution is 2.45. The molecule has 1 saturated carbocycles. The van der Waals surface area contributed by atoms with E-state index in [1.54, 1.807) is 0 Å². The lowest BCUT2D eigenvalue weighted by Gasteiger charge is -2.37. The molecule has 10 heteroatoms. The van der Waals surface area contributed by atoms with Crippen molar-refractivity contribution in [1.29, 1.82) is 0 Å². The second-order valence-electron chi connectivity index (χ2n) is 14.2. The van der Waals surface area contributed by atoms with Gasteiger partial charge in [-0.25, -0.2) is 4.79 Å². The van der Waals surface area contributed by atoms with E-state index in [4.69, 9.17) is 14.0 Å². The van der Waals surface area contributed by atoms with Gasteiger partial charge in [-0.2, -0.15) is 0 Å². The van der Waals surface area contributed by atoms with Gasteiger partial charge in [-0.15, -0.1) is 0 Å². The Labute approximate surface area is 230 Å². The molecule has 0 bridgehead atoms. The van der Waals surface area contributed by atoms with Crippen LogP contribution in [-0.2, 0) is 23.6 Å². The van der Waals surface area contributed by atoms with Gasteiger partial charge in [-0.3, -0.25) is 9.59 Å². The van der Waals surface area contributed by atoms with Gasteiger partial charge in [0.15, 0.2) is 0 Å². The number of carbonyl (C=O) groups excluding carboxylic acids is 3. The minimum absolute atomic E-state index is 0.0531. The Morgan fingerprint density at radius 2 is 1.55 bits per heavy atom. The summed E-state index contributed by atoms with van der Waals surface area (Å²) in [5.41, 5.74) is -2.78. The Bertz CT molecular complexity index is 848. The standard InChI is InChI=1S/C28H52BN3O6/c1-19(33)31-28(22(34)32-24(2,3)4)18-20(14-16-30-23(35)36-25(5,6)7)17-21(28)13-12-15-29-37-26(8,9)27(10,11)38-29/h20-21H,12-18H2,1-11H3,(H,30,35)(H,31,33)(H,32,34). The second-order valence-corrected chi connectivity index (χ2v) is 14.2. The first-order valence-electron chi connectivity index (χ1n) is 14.1. The van der Waals surface area contributed by atoms with Gasteiger partial charge in [0, 0.05) is 19.0 Å². The van der Waals surface area contributed by atoms with Crippen molar-refractivity contribution >= 4 is 25.0 Å². The first-order chi connectivity index (χ1) is 17.2. The average molecular weight is 538 g/mol. The van der Waals surface area contributed by atoms with E-state index in [0.717, 1.165) is 19.3 Å². The third-order valence-corrected chi connectivity index (χ3v) is 7.73. The van der Waals surface area contributed by atoms with Crippen LogP contribution in [0.3, 0.4) is 0 Å². The molecule has 3 amide bonds. The van der Waals surface area contributed by atoms with Crippen molar-refractivity contribution in [3.63, 3.8) is 0 Å². The number of carbonyl (C=O) groups is 3. The molecule has 0 radical (unpaired) electrons. The number of amides is 3. The summed E-state index contributed by atoms with van der Waals surface area (Å²) in [6, 6.07) is 0. The Kier molecular flexibility index (Phi) is 10.0. The minimum Gasteiger partial charge on any atom is -0.444 e. The normalized spacial score (nSPS) is 26.7. The van der Waals surface area contributed by atoms with Crippen LogP contribution < -0.4 is 16.0 Å². The molecule has 38 heavy (non-hydrogen) atoms. The van der Waals surface area contributed by atoms with Gasteiger partial charge in [0.05, 0.1) is 11.2 Å². The summed E-state index contributed by atoms with van der Waals surface area (Å²) in [6.45, 7) is 21.4. The number of rotatable bonds is 9. The molecule has 9 nitrogen and oxygen atoms in total. The Morgan fingerprint density at radius 3 is 2.05 bits per heavy atom. The lowest BCUT2D eigenvalue weighted by atomic mass is 9.77. The zero-order valence-electron chi connectivity index (χ0n) is 25.6. The van der Waals surface area contributed by atoms with Crippen molar-refractivity contribution in [3.05, 3.63) is 0 Å². The summed E-state index contributed by atoms with van der Waals surface area (Å²) in [7, 11) is -0.297. The fourth-order valence-corrected chi connectivity index (χ4v) is 5.45. The van der Waals surface area contributed by atoms with E-state index in [1.165, 1.54) is 6.92 Å². The molecule has 1 saturated heterocycles. The molecule has 2 rings (SSSR count). The molecule has 2 fully saturated rings. The van der Waals surface area contributed by atoms with Crippen LogP contribution in [0.1, 0.15) is 108 Å². The molecule has 0 spiro atoms. The molecule has 2 aliphatic rings. The highest BCUT2D eigenvalue weighted by molar-refractivity contribution is 6.45. The summed E-state index contributed by atoms with van der Waals surface area (Å²) in [5, 5.41) is 9.02. The van der Waals surface area contributed by atoms with Crippen molar-refractivity contribution in [3.8, 4) is 0 Å². The highest BCUT2D eigenvalue weighted by Gasteiger charge is 2.54. The average Bonchev–Trinajstić information content (AvgIpc) is 3.12. The van der Waals surface area contributed by atoms with Gasteiger partial charge in [0.25, 0.3) is 0 Å². The SMILES string of the molecule is CC(=O)NC1(C(=O)NC(C)(C)C)CC(CCNC(=O)OC(C)(C)C)CC1CCCB1OC(C)(C)C(C)(C)O1. The zero-order chi connectivity index (χ0) is 29.2. The molecule has 1 heterocycles. The number of hydrogen-bond acceptors (Lipinski definition) is 6. The van der Waals surface area contributed by atoms with E-state index in [-0.39, 0.29) is 42.0 Å². The molecule has 3 atom stereocenters. The van der Waals surface area contributed by atoms with Gasteiger partial charge < -0.3 is 30.0 Å². The number of nitrogens with one attached hydrogen (secondary N) is 3. The van der Waals surface area contributed by atoms with Crippen LogP contribution >= 0.6 is 0 Å². The van der Waals surface area contributed by atoms with Crippen LogP contribution in [0.4, 0.5) is 4.79 Å². The molecule has 1 aliphatic heterocycles. The quantitative estimate of drug-likeness (QED) is 0.371. The molecule has 3 unspecified atom stereocenters. The molecule has 1 aliphatic carbocycles. The summed E-state index contributed by atoms with van der Waals surface area (Å²) >= 11 is 0. The smallest absolute Gasteiger partial charge is 0.444 e. The van der Waals surface area contributed by atoms with Gasteiger partial charge in [0.1, 0.15) is 11.1 Å². The first kappa shape index (κ1) is 32.4. The molecule has 3 N–H and O–H groups in total. The third kappa shape index (κ3) is 8.86. The largest absolute Gasteiger partial charge is 0.457 e. The number of alkyl carbamates (subject to hydrolysis) is 1.